The minimum Gasteiger partial charge on any atom is -0.308 e. The average molecular weight is 149 g/mol. The van der Waals surface area contributed by atoms with Crippen molar-refractivity contribution in [2.45, 2.75) is 0 Å². The van der Waals surface area contributed by atoms with Crippen molar-refractivity contribution in [1.29, 1.82) is 0 Å². The summed E-state index contributed by atoms with van der Waals surface area (Å²) in [6, 6.07) is 0. The Morgan fingerprint density at radius 3 is 2.78 bits per heavy atom. The number of hydrogen-bond acceptors (Lipinski definition) is 4. The van der Waals surface area contributed by atoms with E-state index in [1.54, 1.807) is 0 Å². The lowest BCUT2D eigenvalue weighted by atomic mass is 10.6. The number of rotatable bonds is 4. The van der Waals surface area contributed by atoms with Crippen LogP contribution in [0.2, 0.25) is 0 Å². The van der Waals surface area contributed by atoms with Crippen molar-refractivity contribution in [2.75, 3.05) is 18.8 Å². The van der Waals surface area contributed by atoms with Gasteiger partial charge in [-0.1, -0.05) is 0 Å². The molecule has 0 saturated heterocycles. The van der Waals surface area contributed by atoms with Crippen LogP contribution < -0.4 is 16.6 Å². The van der Waals surface area contributed by atoms with Crippen molar-refractivity contribution in [2.24, 2.45) is 5.84 Å². The average Bonchev–Trinajstić information content (AvgIpc) is 1.89. The Bertz CT molecular complexity index is 87.9. The number of thiol groups is 1. The van der Waals surface area contributed by atoms with Gasteiger partial charge in [0.15, 0.2) is 0 Å². The lowest BCUT2D eigenvalue weighted by molar-refractivity contribution is -0.120. The van der Waals surface area contributed by atoms with Gasteiger partial charge in [0.05, 0.1) is 6.54 Å². The van der Waals surface area contributed by atoms with Crippen LogP contribution in [0.5, 0.6) is 0 Å². The highest BCUT2D eigenvalue weighted by Crippen LogP contribution is 1.67. The van der Waals surface area contributed by atoms with Crippen LogP contribution in [0.1, 0.15) is 0 Å². The molecule has 0 heterocycles. The molecule has 0 aliphatic carbocycles. The van der Waals surface area contributed by atoms with Crippen LogP contribution >= 0.6 is 12.6 Å². The highest BCUT2D eigenvalue weighted by molar-refractivity contribution is 7.80. The summed E-state index contributed by atoms with van der Waals surface area (Å²) >= 11 is 3.93. The van der Waals surface area contributed by atoms with Gasteiger partial charge >= 0.3 is 0 Å². The van der Waals surface area contributed by atoms with Crippen molar-refractivity contribution in [3.8, 4) is 0 Å². The number of hydrazine groups is 1. The number of nitrogens with two attached hydrogens (primary N) is 1. The van der Waals surface area contributed by atoms with Crippen LogP contribution in [0.25, 0.3) is 0 Å². The second-order valence-electron chi connectivity index (χ2n) is 1.47. The number of hydrogen-bond donors (Lipinski definition) is 4. The second kappa shape index (κ2) is 5.87. The Balaban J connectivity index is 2.97. The standard InChI is InChI=1S/C4H11N3OS/c5-7-4(8)3-6-1-2-9/h6,9H,1-3,5H2,(H,7,8). The topological polar surface area (TPSA) is 67.1 Å². The summed E-state index contributed by atoms with van der Waals surface area (Å²) in [6.45, 7) is 0.980. The highest BCUT2D eigenvalue weighted by Gasteiger charge is 1.93. The van der Waals surface area contributed by atoms with Gasteiger partial charge in [-0.25, -0.2) is 5.84 Å². The molecule has 1 amide bonds. The van der Waals surface area contributed by atoms with E-state index < -0.39 is 0 Å². The van der Waals surface area contributed by atoms with E-state index in [0.717, 1.165) is 12.3 Å². The van der Waals surface area contributed by atoms with Crippen molar-refractivity contribution >= 4 is 18.5 Å². The summed E-state index contributed by atoms with van der Waals surface area (Å²) in [4.78, 5) is 10.4. The molecule has 0 aliphatic rings. The van der Waals surface area contributed by atoms with Crippen LogP contribution in [-0.2, 0) is 4.79 Å². The van der Waals surface area contributed by atoms with E-state index in [1.165, 1.54) is 0 Å². The van der Waals surface area contributed by atoms with Crippen LogP contribution in [-0.4, -0.2) is 24.7 Å². The molecule has 0 aromatic heterocycles. The molecule has 5 heteroatoms. The molecule has 0 aromatic carbocycles. The predicted molar refractivity (Wildman–Crippen MR) is 39.1 cm³/mol. The maximum Gasteiger partial charge on any atom is 0.247 e. The van der Waals surface area contributed by atoms with E-state index in [9.17, 15) is 4.79 Å². The molecule has 0 atom stereocenters. The zero-order valence-electron chi connectivity index (χ0n) is 5.05. The first-order valence-corrected chi connectivity index (χ1v) is 3.25. The molecule has 0 unspecified atom stereocenters. The molecule has 0 radical (unpaired) electrons. The molecule has 0 spiro atoms. The molecule has 9 heavy (non-hydrogen) atoms. The number of amides is 1. The van der Waals surface area contributed by atoms with Crippen LogP contribution in [0.4, 0.5) is 0 Å². The molecule has 54 valence electrons. The fourth-order valence-electron chi connectivity index (χ4n) is 0.332. The minimum absolute atomic E-state index is 0.211. The Kier molecular flexibility index (Phi) is 5.70. The van der Waals surface area contributed by atoms with Gasteiger partial charge in [0.25, 0.3) is 0 Å². The SMILES string of the molecule is NNC(=O)CNCCS. The van der Waals surface area contributed by atoms with Crippen molar-refractivity contribution in [3.63, 3.8) is 0 Å². The van der Waals surface area contributed by atoms with Gasteiger partial charge in [-0.15, -0.1) is 0 Å². The quantitative estimate of drug-likeness (QED) is 0.129. The third kappa shape index (κ3) is 5.61. The van der Waals surface area contributed by atoms with Gasteiger partial charge < -0.3 is 5.32 Å². The molecule has 0 rings (SSSR count). The normalized spacial score (nSPS) is 9.11. The van der Waals surface area contributed by atoms with Crippen LogP contribution in [0.3, 0.4) is 0 Å². The van der Waals surface area contributed by atoms with E-state index in [-0.39, 0.29) is 12.5 Å². The molecule has 0 bridgehead atoms. The Morgan fingerprint density at radius 1 is 1.67 bits per heavy atom. The van der Waals surface area contributed by atoms with Crippen LogP contribution in [0, 0.1) is 0 Å². The van der Waals surface area contributed by atoms with Gasteiger partial charge in [-0.3, -0.25) is 10.2 Å². The number of carbonyl (C=O) groups excluding carboxylic acids is 1. The third-order valence-electron chi connectivity index (χ3n) is 0.735. The smallest absolute Gasteiger partial charge is 0.247 e. The monoisotopic (exact) mass is 149 g/mol. The summed E-state index contributed by atoms with van der Waals surface area (Å²) < 4.78 is 0. The van der Waals surface area contributed by atoms with E-state index in [1.807, 2.05) is 5.43 Å². The highest BCUT2D eigenvalue weighted by atomic mass is 32.1. The third-order valence-corrected chi connectivity index (χ3v) is 0.959. The Hall–Kier alpha value is -0.260. The van der Waals surface area contributed by atoms with Gasteiger partial charge in [0.2, 0.25) is 5.91 Å². The number of nitrogens with one attached hydrogen (secondary N) is 2. The second-order valence-corrected chi connectivity index (χ2v) is 1.92. The molecule has 0 saturated carbocycles. The van der Waals surface area contributed by atoms with Gasteiger partial charge in [-0.2, -0.15) is 12.6 Å². The molecule has 4 nitrogen and oxygen atoms in total. The molecular formula is C4H11N3OS. The largest absolute Gasteiger partial charge is 0.308 e. The Labute approximate surface area is 59.6 Å². The summed E-state index contributed by atoms with van der Waals surface area (Å²) in [7, 11) is 0. The minimum atomic E-state index is -0.211. The molecule has 4 N–H and O–H groups in total. The molecule has 0 fully saturated rings. The summed E-state index contributed by atoms with van der Waals surface area (Å²) in [5.41, 5.74) is 2.00. The number of carbonyl (C=O) groups is 1. The van der Waals surface area contributed by atoms with Crippen molar-refractivity contribution in [3.05, 3.63) is 0 Å². The maximum atomic E-state index is 10.4. The molecule has 0 aliphatic heterocycles. The molecule has 0 aromatic rings. The van der Waals surface area contributed by atoms with Gasteiger partial charge in [0.1, 0.15) is 0 Å². The summed E-state index contributed by atoms with van der Waals surface area (Å²) in [6.07, 6.45) is 0. The first-order chi connectivity index (χ1) is 4.31. The van der Waals surface area contributed by atoms with E-state index in [2.05, 4.69) is 17.9 Å². The first-order valence-electron chi connectivity index (χ1n) is 2.62. The summed E-state index contributed by atoms with van der Waals surface area (Å²) in [5.74, 6) is 5.30. The zero-order chi connectivity index (χ0) is 7.11. The van der Waals surface area contributed by atoms with E-state index in [0.29, 0.717) is 0 Å². The van der Waals surface area contributed by atoms with Crippen molar-refractivity contribution in [1.82, 2.24) is 10.7 Å². The summed E-state index contributed by atoms with van der Waals surface area (Å²) in [5, 5.41) is 2.82. The molecular weight excluding hydrogens is 138 g/mol. The van der Waals surface area contributed by atoms with Crippen LogP contribution in [0.15, 0.2) is 0 Å². The zero-order valence-corrected chi connectivity index (χ0v) is 5.95. The van der Waals surface area contributed by atoms with Crippen molar-refractivity contribution < 1.29 is 4.79 Å². The Morgan fingerprint density at radius 2 is 2.33 bits per heavy atom. The maximum absolute atomic E-state index is 10.4. The first kappa shape index (κ1) is 8.74. The van der Waals surface area contributed by atoms with Gasteiger partial charge in [-0.05, 0) is 0 Å². The lowest BCUT2D eigenvalue weighted by Gasteiger charge is -1.98. The fourth-order valence-corrected chi connectivity index (χ4v) is 0.490. The lowest BCUT2D eigenvalue weighted by Crippen LogP contribution is -2.38. The van der Waals surface area contributed by atoms with E-state index in [4.69, 9.17) is 5.84 Å². The van der Waals surface area contributed by atoms with E-state index >= 15 is 0 Å². The fraction of sp³-hybridized carbons (Fsp3) is 0.750. The predicted octanol–water partition coefficient (Wildman–Crippen LogP) is -1.50. The van der Waals surface area contributed by atoms with Gasteiger partial charge in [0, 0.05) is 12.3 Å².